The number of amides is 1. The Labute approximate surface area is 99.8 Å². The van der Waals surface area contributed by atoms with Gasteiger partial charge >= 0.3 is 0 Å². The fraction of sp³-hybridized carbons (Fsp3) is 0.333. The fourth-order valence-corrected chi connectivity index (χ4v) is 1.57. The van der Waals surface area contributed by atoms with Crippen LogP contribution in [0.5, 0.6) is 0 Å². The van der Waals surface area contributed by atoms with Gasteiger partial charge in [0, 0.05) is 25.1 Å². The second-order valence-electron chi connectivity index (χ2n) is 4.40. The van der Waals surface area contributed by atoms with E-state index >= 15 is 0 Å². The Morgan fingerprint density at radius 2 is 2.41 bits per heavy atom. The van der Waals surface area contributed by atoms with Crippen LogP contribution in [-0.4, -0.2) is 20.7 Å². The largest absolute Gasteiger partial charge is 0.367 e. The van der Waals surface area contributed by atoms with Crippen LogP contribution in [-0.2, 0) is 6.54 Å². The Morgan fingerprint density at radius 1 is 1.59 bits per heavy atom. The summed E-state index contributed by atoms with van der Waals surface area (Å²) in [7, 11) is 0. The predicted molar refractivity (Wildman–Crippen MR) is 65.8 cm³/mol. The molecule has 17 heavy (non-hydrogen) atoms. The van der Waals surface area contributed by atoms with Crippen LogP contribution in [0, 0.1) is 5.92 Å². The summed E-state index contributed by atoms with van der Waals surface area (Å²) < 4.78 is 1.83. The minimum absolute atomic E-state index is 0.129. The van der Waals surface area contributed by atoms with E-state index < -0.39 is 0 Å². The molecule has 0 unspecified atom stereocenters. The zero-order valence-corrected chi connectivity index (χ0v) is 9.97. The van der Waals surface area contributed by atoms with Gasteiger partial charge in [-0.15, -0.1) is 0 Å². The monoisotopic (exact) mass is 232 g/mol. The second kappa shape index (κ2) is 4.86. The first kappa shape index (κ1) is 11.4. The van der Waals surface area contributed by atoms with Gasteiger partial charge in [0.1, 0.15) is 0 Å². The Morgan fingerprint density at radius 3 is 3.06 bits per heavy atom. The highest BCUT2D eigenvalue weighted by Crippen LogP contribution is 2.09. The molecule has 0 spiro atoms. The van der Waals surface area contributed by atoms with E-state index in [1.807, 2.05) is 10.9 Å². The molecule has 5 nitrogen and oxygen atoms in total. The van der Waals surface area contributed by atoms with E-state index in [2.05, 4.69) is 29.2 Å². The van der Waals surface area contributed by atoms with Crippen molar-refractivity contribution in [3.63, 3.8) is 0 Å². The van der Waals surface area contributed by atoms with Crippen LogP contribution in [0.1, 0.15) is 24.2 Å². The first-order valence-electron chi connectivity index (χ1n) is 5.62. The molecule has 0 radical (unpaired) electrons. The maximum atomic E-state index is 11.7. The van der Waals surface area contributed by atoms with Crippen molar-refractivity contribution in [1.29, 1.82) is 0 Å². The molecule has 2 N–H and O–H groups in total. The third-order valence-corrected chi connectivity index (χ3v) is 2.30. The van der Waals surface area contributed by atoms with Crippen LogP contribution in [0.4, 0.5) is 5.69 Å². The van der Waals surface area contributed by atoms with Gasteiger partial charge in [-0.2, -0.15) is 5.10 Å². The number of carbonyl (C=O) groups is 1. The summed E-state index contributed by atoms with van der Waals surface area (Å²) in [6.45, 7) is 5.10. The molecular formula is C12H16N4O. The number of anilines is 1. The van der Waals surface area contributed by atoms with E-state index in [-0.39, 0.29) is 5.91 Å². The molecule has 0 saturated heterocycles. The molecular weight excluding hydrogens is 216 g/mol. The summed E-state index contributed by atoms with van der Waals surface area (Å²) in [5.74, 6) is 0.401. The van der Waals surface area contributed by atoms with Gasteiger partial charge in [0.15, 0.2) is 0 Å². The topological polar surface area (TPSA) is 62.7 Å². The number of rotatable bonds is 4. The normalized spacial score (nSPS) is 10.8. The first-order valence-corrected chi connectivity index (χ1v) is 5.62. The zero-order chi connectivity index (χ0) is 12.3. The summed E-state index contributed by atoms with van der Waals surface area (Å²) >= 11 is 0. The molecule has 0 aliphatic rings. The molecule has 2 aromatic heterocycles. The number of nitrogens with one attached hydrogen (secondary N) is 2. The molecule has 90 valence electrons. The van der Waals surface area contributed by atoms with Crippen molar-refractivity contribution in [3.8, 4) is 0 Å². The number of hydrogen-bond donors (Lipinski definition) is 2. The van der Waals surface area contributed by atoms with Crippen LogP contribution >= 0.6 is 0 Å². The van der Waals surface area contributed by atoms with E-state index in [4.69, 9.17) is 0 Å². The average Bonchev–Trinajstić information content (AvgIpc) is 2.87. The number of aromatic amines is 1. The van der Waals surface area contributed by atoms with Crippen LogP contribution < -0.4 is 5.32 Å². The summed E-state index contributed by atoms with van der Waals surface area (Å²) in [6, 6.07) is 1.73. The van der Waals surface area contributed by atoms with Crippen molar-refractivity contribution in [2.24, 2.45) is 5.92 Å². The molecule has 2 rings (SSSR count). The molecule has 1 amide bonds. The molecule has 0 saturated carbocycles. The highest BCUT2D eigenvalue weighted by atomic mass is 16.1. The SMILES string of the molecule is CC(C)Cn1cc(NC(=O)c2cc[nH]c2)cn1. The van der Waals surface area contributed by atoms with Crippen molar-refractivity contribution in [1.82, 2.24) is 14.8 Å². The lowest BCUT2D eigenvalue weighted by Crippen LogP contribution is -2.10. The lowest BCUT2D eigenvalue weighted by molar-refractivity contribution is 0.102. The standard InChI is InChI=1S/C12H16N4O/c1-9(2)7-16-8-11(6-14-16)15-12(17)10-3-4-13-5-10/h3-6,8-9,13H,7H2,1-2H3,(H,15,17). The molecule has 2 aromatic rings. The smallest absolute Gasteiger partial charge is 0.257 e. The quantitative estimate of drug-likeness (QED) is 0.848. The number of hydrogen-bond acceptors (Lipinski definition) is 2. The lowest BCUT2D eigenvalue weighted by Gasteiger charge is -2.03. The van der Waals surface area contributed by atoms with Gasteiger partial charge < -0.3 is 10.3 Å². The maximum Gasteiger partial charge on any atom is 0.257 e. The van der Waals surface area contributed by atoms with Crippen molar-refractivity contribution >= 4 is 11.6 Å². The average molecular weight is 232 g/mol. The van der Waals surface area contributed by atoms with Gasteiger partial charge in [0.25, 0.3) is 5.91 Å². The van der Waals surface area contributed by atoms with E-state index in [9.17, 15) is 4.79 Å². The minimum Gasteiger partial charge on any atom is -0.367 e. The van der Waals surface area contributed by atoms with Gasteiger partial charge in [-0.05, 0) is 12.0 Å². The van der Waals surface area contributed by atoms with Crippen molar-refractivity contribution in [2.75, 3.05) is 5.32 Å². The molecule has 0 aliphatic carbocycles. The maximum absolute atomic E-state index is 11.7. The summed E-state index contributed by atoms with van der Waals surface area (Å²) in [6.07, 6.45) is 6.88. The van der Waals surface area contributed by atoms with E-state index in [0.717, 1.165) is 12.2 Å². The van der Waals surface area contributed by atoms with Crippen LogP contribution in [0.2, 0.25) is 0 Å². The third kappa shape index (κ3) is 2.96. The molecule has 0 fully saturated rings. The summed E-state index contributed by atoms with van der Waals surface area (Å²) in [5.41, 5.74) is 1.33. The van der Waals surface area contributed by atoms with E-state index in [1.165, 1.54) is 0 Å². The highest BCUT2D eigenvalue weighted by Gasteiger charge is 2.07. The zero-order valence-electron chi connectivity index (χ0n) is 9.97. The Hall–Kier alpha value is -2.04. The molecule has 2 heterocycles. The first-order chi connectivity index (χ1) is 8.15. The van der Waals surface area contributed by atoms with E-state index in [1.54, 1.807) is 24.7 Å². The number of carbonyl (C=O) groups excluding carboxylic acids is 1. The second-order valence-corrected chi connectivity index (χ2v) is 4.40. The van der Waals surface area contributed by atoms with E-state index in [0.29, 0.717) is 11.5 Å². The predicted octanol–water partition coefficient (Wildman–Crippen LogP) is 2.12. The minimum atomic E-state index is -0.129. The fourth-order valence-electron chi connectivity index (χ4n) is 1.57. The van der Waals surface area contributed by atoms with Crippen LogP contribution in [0.15, 0.2) is 30.9 Å². The number of H-pyrrole nitrogens is 1. The molecule has 0 bridgehead atoms. The van der Waals surface area contributed by atoms with Crippen LogP contribution in [0.3, 0.4) is 0 Å². The van der Waals surface area contributed by atoms with Crippen molar-refractivity contribution in [3.05, 3.63) is 36.4 Å². The lowest BCUT2D eigenvalue weighted by atomic mass is 10.2. The molecule has 0 atom stereocenters. The van der Waals surface area contributed by atoms with Gasteiger partial charge in [-0.25, -0.2) is 0 Å². The highest BCUT2D eigenvalue weighted by molar-refractivity contribution is 6.03. The Kier molecular flexibility index (Phi) is 3.27. The molecule has 0 aliphatic heterocycles. The van der Waals surface area contributed by atoms with Gasteiger partial charge in [-0.3, -0.25) is 9.48 Å². The Bertz CT molecular complexity index is 484. The summed E-state index contributed by atoms with van der Waals surface area (Å²) in [4.78, 5) is 14.6. The van der Waals surface area contributed by atoms with Gasteiger partial charge in [0.05, 0.1) is 17.4 Å². The number of aromatic nitrogens is 3. The van der Waals surface area contributed by atoms with Crippen molar-refractivity contribution in [2.45, 2.75) is 20.4 Å². The van der Waals surface area contributed by atoms with Crippen LogP contribution in [0.25, 0.3) is 0 Å². The van der Waals surface area contributed by atoms with Gasteiger partial charge in [-0.1, -0.05) is 13.8 Å². The Balaban J connectivity index is 1.99. The van der Waals surface area contributed by atoms with Gasteiger partial charge in [0.2, 0.25) is 0 Å². The number of nitrogens with zero attached hydrogens (tertiary/aromatic N) is 2. The summed E-state index contributed by atoms with van der Waals surface area (Å²) in [5, 5.41) is 6.98. The molecule has 0 aromatic carbocycles. The third-order valence-electron chi connectivity index (χ3n) is 2.30. The van der Waals surface area contributed by atoms with Crippen molar-refractivity contribution < 1.29 is 4.79 Å². The molecule has 5 heteroatoms.